The second kappa shape index (κ2) is 9.27. The maximum absolute atomic E-state index is 12.6. The summed E-state index contributed by atoms with van der Waals surface area (Å²) in [5.41, 5.74) is 0.282. The molecule has 0 saturated carbocycles. The van der Waals surface area contributed by atoms with Crippen LogP contribution in [-0.2, 0) is 14.3 Å². The normalized spacial score (nSPS) is 18.5. The minimum Gasteiger partial charge on any atom is -0.406 e. The highest BCUT2D eigenvalue weighted by atomic mass is 19.4. The van der Waals surface area contributed by atoms with Gasteiger partial charge in [0.1, 0.15) is 17.9 Å². The van der Waals surface area contributed by atoms with Crippen molar-refractivity contribution in [2.75, 3.05) is 18.1 Å². The molecule has 1 aromatic carbocycles. The largest absolute Gasteiger partial charge is 0.573 e. The smallest absolute Gasteiger partial charge is 0.406 e. The lowest BCUT2D eigenvalue weighted by molar-refractivity contribution is -0.274. The summed E-state index contributed by atoms with van der Waals surface area (Å²) in [6.07, 6.45) is -4.32. The number of alkyl halides is 3. The van der Waals surface area contributed by atoms with Crippen molar-refractivity contribution in [1.82, 2.24) is 5.32 Å². The molecular formula is C19H25F3N2O4. The first-order chi connectivity index (χ1) is 13.1. The molecule has 9 heteroatoms. The van der Waals surface area contributed by atoms with E-state index in [9.17, 15) is 22.8 Å². The fourth-order valence-corrected chi connectivity index (χ4v) is 2.76. The van der Waals surface area contributed by atoms with Gasteiger partial charge < -0.3 is 19.7 Å². The van der Waals surface area contributed by atoms with E-state index in [0.29, 0.717) is 18.9 Å². The summed E-state index contributed by atoms with van der Waals surface area (Å²) in [4.78, 5) is 26.1. The van der Waals surface area contributed by atoms with Crippen LogP contribution in [0.25, 0.3) is 0 Å². The Labute approximate surface area is 162 Å². The second-order valence-corrected chi connectivity index (χ2v) is 7.08. The zero-order valence-corrected chi connectivity index (χ0v) is 16.1. The molecule has 1 aromatic rings. The van der Waals surface area contributed by atoms with Crippen LogP contribution in [0, 0.1) is 5.92 Å². The monoisotopic (exact) mass is 402 g/mol. The molecule has 0 spiro atoms. The van der Waals surface area contributed by atoms with Gasteiger partial charge in [-0.15, -0.1) is 13.2 Å². The van der Waals surface area contributed by atoms with E-state index in [1.165, 1.54) is 17.0 Å². The van der Waals surface area contributed by atoms with Crippen LogP contribution < -0.4 is 15.0 Å². The van der Waals surface area contributed by atoms with Crippen LogP contribution in [0.1, 0.15) is 33.6 Å². The molecule has 0 aromatic heterocycles. The van der Waals surface area contributed by atoms with E-state index in [2.05, 4.69) is 23.9 Å². The van der Waals surface area contributed by atoms with Crippen molar-refractivity contribution < 1.29 is 32.2 Å². The van der Waals surface area contributed by atoms with Crippen LogP contribution in [0.2, 0.25) is 0 Å². The number of amides is 2. The first-order valence-electron chi connectivity index (χ1n) is 9.16. The molecule has 1 aliphatic rings. The van der Waals surface area contributed by atoms with Crippen molar-refractivity contribution in [2.45, 2.75) is 52.1 Å². The van der Waals surface area contributed by atoms with E-state index >= 15 is 0 Å². The number of nitrogens with one attached hydrogen (secondary N) is 1. The molecule has 1 aliphatic heterocycles. The van der Waals surface area contributed by atoms with E-state index < -0.39 is 30.2 Å². The summed E-state index contributed by atoms with van der Waals surface area (Å²) in [5, 5.41) is 2.65. The van der Waals surface area contributed by atoms with Gasteiger partial charge in [-0.25, -0.2) is 0 Å². The summed E-state index contributed by atoms with van der Waals surface area (Å²) in [6, 6.07) is 4.46. The van der Waals surface area contributed by atoms with Crippen molar-refractivity contribution >= 4 is 17.5 Å². The van der Waals surface area contributed by atoms with Gasteiger partial charge in [-0.3, -0.25) is 9.59 Å². The Balaban J connectivity index is 1.94. The molecule has 156 valence electrons. The first-order valence-corrected chi connectivity index (χ1v) is 9.16. The summed E-state index contributed by atoms with van der Waals surface area (Å²) in [6.45, 7) is 6.44. The lowest BCUT2D eigenvalue weighted by Gasteiger charge is -2.20. The van der Waals surface area contributed by atoms with Gasteiger partial charge in [0.2, 0.25) is 11.8 Å². The molecule has 0 aliphatic carbocycles. The molecule has 1 N–H and O–H groups in total. The Kier molecular flexibility index (Phi) is 7.29. The Morgan fingerprint density at radius 1 is 1.32 bits per heavy atom. The number of anilines is 1. The molecule has 1 fully saturated rings. The summed E-state index contributed by atoms with van der Waals surface area (Å²) < 4.78 is 46.5. The van der Waals surface area contributed by atoms with Gasteiger partial charge in [-0.2, -0.15) is 0 Å². The number of nitrogens with zero attached hydrogens (tertiary/aromatic N) is 1. The first kappa shape index (κ1) is 22.0. The van der Waals surface area contributed by atoms with Gasteiger partial charge in [0.05, 0.1) is 0 Å². The second-order valence-electron chi connectivity index (χ2n) is 7.08. The van der Waals surface area contributed by atoms with Crippen LogP contribution >= 0.6 is 0 Å². The highest BCUT2D eigenvalue weighted by Crippen LogP contribution is 2.29. The third kappa shape index (κ3) is 6.40. The van der Waals surface area contributed by atoms with Gasteiger partial charge >= 0.3 is 6.36 Å². The van der Waals surface area contributed by atoms with Crippen molar-refractivity contribution in [3.05, 3.63) is 24.3 Å². The topological polar surface area (TPSA) is 67.9 Å². The van der Waals surface area contributed by atoms with E-state index in [1.807, 2.05) is 0 Å². The summed E-state index contributed by atoms with van der Waals surface area (Å²) in [5.74, 6) is -0.722. The van der Waals surface area contributed by atoms with Gasteiger partial charge in [-0.1, -0.05) is 19.9 Å². The number of hydrogen-bond donors (Lipinski definition) is 1. The molecular weight excluding hydrogens is 377 g/mol. The lowest BCUT2D eigenvalue weighted by atomic mass is 10.1. The van der Waals surface area contributed by atoms with Crippen LogP contribution in [0.5, 0.6) is 5.75 Å². The predicted molar refractivity (Wildman–Crippen MR) is 96.9 cm³/mol. The average Bonchev–Trinajstić information content (AvgIpc) is 2.93. The number of ether oxygens (including phenoxy) is 2. The van der Waals surface area contributed by atoms with E-state index in [4.69, 9.17) is 4.74 Å². The highest BCUT2D eigenvalue weighted by Gasteiger charge is 2.35. The number of hydrogen-bond acceptors (Lipinski definition) is 4. The number of carbonyl (C=O) groups excluding carboxylic acids is 2. The highest BCUT2D eigenvalue weighted by molar-refractivity contribution is 6.01. The van der Waals surface area contributed by atoms with Gasteiger partial charge in [0.25, 0.3) is 0 Å². The maximum atomic E-state index is 12.6. The Bertz CT molecular complexity index is 694. The molecule has 1 heterocycles. The Hall–Kier alpha value is -2.29. The zero-order valence-electron chi connectivity index (χ0n) is 16.1. The minimum absolute atomic E-state index is 0.280. The van der Waals surface area contributed by atoms with E-state index in [0.717, 1.165) is 18.6 Å². The SMILES string of the molecule is CC(C)CCOC(C)C(=O)NC1CCN(c2cccc(OC(F)(F)F)c2)C1=O. The predicted octanol–water partition coefficient (Wildman–Crippen LogP) is 3.26. The summed E-state index contributed by atoms with van der Waals surface area (Å²) in [7, 11) is 0. The number of rotatable bonds is 8. The third-order valence-electron chi connectivity index (χ3n) is 4.32. The van der Waals surface area contributed by atoms with Crippen LogP contribution in [-0.4, -0.2) is 43.5 Å². The number of benzene rings is 1. The zero-order chi connectivity index (χ0) is 20.9. The molecule has 2 amide bonds. The molecule has 0 radical (unpaired) electrons. The Morgan fingerprint density at radius 2 is 2.04 bits per heavy atom. The molecule has 28 heavy (non-hydrogen) atoms. The molecule has 2 rings (SSSR count). The van der Waals surface area contributed by atoms with Crippen molar-refractivity contribution in [2.24, 2.45) is 5.92 Å². The van der Waals surface area contributed by atoms with Crippen LogP contribution in [0.15, 0.2) is 24.3 Å². The summed E-state index contributed by atoms with van der Waals surface area (Å²) >= 11 is 0. The van der Waals surface area contributed by atoms with Crippen molar-refractivity contribution in [3.63, 3.8) is 0 Å². The van der Waals surface area contributed by atoms with Gasteiger partial charge in [-0.05, 0) is 37.8 Å². The van der Waals surface area contributed by atoms with E-state index in [-0.39, 0.29) is 18.1 Å². The standard InChI is InChI=1S/C19H25F3N2O4/c1-12(2)8-10-27-13(3)17(25)23-16-7-9-24(18(16)26)14-5-4-6-15(11-14)28-19(20,21)22/h4-6,11-13,16H,7-10H2,1-3H3,(H,23,25). The molecule has 6 nitrogen and oxygen atoms in total. The van der Waals surface area contributed by atoms with E-state index in [1.54, 1.807) is 6.92 Å². The molecule has 1 saturated heterocycles. The lowest BCUT2D eigenvalue weighted by Crippen LogP contribution is -2.45. The van der Waals surface area contributed by atoms with Gasteiger partial charge in [0.15, 0.2) is 0 Å². The van der Waals surface area contributed by atoms with Gasteiger partial charge in [0, 0.05) is 24.9 Å². The molecule has 2 atom stereocenters. The quantitative estimate of drug-likeness (QED) is 0.725. The fourth-order valence-electron chi connectivity index (χ4n) is 2.76. The number of halogens is 3. The average molecular weight is 402 g/mol. The number of carbonyl (C=O) groups is 2. The molecule has 2 unspecified atom stereocenters. The Morgan fingerprint density at radius 3 is 2.68 bits per heavy atom. The minimum atomic E-state index is -4.81. The van der Waals surface area contributed by atoms with Crippen molar-refractivity contribution in [3.8, 4) is 5.75 Å². The maximum Gasteiger partial charge on any atom is 0.573 e. The third-order valence-corrected chi connectivity index (χ3v) is 4.32. The molecule has 0 bridgehead atoms. The van der Waals surface area contributed by atoms with Crippen LogP contribution in [0.4, 0.5) is 18.9 Å². The fraction of sp³-hybridized carbons (Fsp3) is 0.579. The van der Waals surface area contributed by atoms with Crippen molar-refractivity contribution in [1.29, 1.82) is 0 Å². The van der Waals surface area contributed by atoms with Crippen LogP contribution in [0.3, 0.4) is 0 Å².